The van der Waals surface area contributed by atoms with Gasteiger partial charge in [0.25, 0.3) is 0 Å². The summed E-state index contributed by atoms with van der Waals surface area (Å²) >= 11 is 0. The number of rotatable bonds is 4. The number of methoxy groups -OCH3 is 1. The average molecular weight is 406 g/mol. The maximum atomic E-state index is 12.9. The van der Waals surface area contributed by atoms with Crippen LogP contribution in [-0.2, 0) is 10.2 Å². The van der Waals surface area contributed by atoms with Crippen molar-refractivity contribution in [3.63, 3.8) is 0 Å². The highest BCUT2D eigenvalue weighted by molar-refractivity contribution is 5.93. The molecule has 0 N–H and O–H groups in total. The van der Waals surface area contributed by atoms with Gasteiger partial charge in [0.05, 0.1) is 12.7 Å². The van der Waals surface area contributed by atoms with Crippen LogP contribution in [0.1, 0.15) is 51.9 Å². The first-order chi connectivity index (χ1) is 14.4. The quantitative estimate of drug-likeness (QED) is 0.664. The van der Waals surface area contributed by atoms with Gasteiger partial charge in [-0.2, -0.15) is 0 Å². The van der Waals surface area contributed by atoms with Crippen molar-refractivity contribution in [2.75, 3.05) is 20.7 Å². The molecule has 2 aromatic carbocycles. The van der Waals surface area contributed by atoms with Crippen LogP contribution in [0.5, 0.6) is 5.75 Å². The highest BCUT2D eigenvalue weighted by atomic mass is 16.5. The van der Waals surface area contributed by atoms with Crippen LogP contribution in [0.2, 0.25) is 0 Å². The second-order valence-electron chi connectivity index (χ2n) is 8.82. The van der Waals surface area contributed by atoms with Crippen LogP contribution < -0.4 is 4.74 Å². The number of ether oxygens (including phenoxy) is 2. The molecule has 1 saturated heterocycles. The molecule has 4 nitrogen and oxygen atoms in total. The number of allylic oxidation sites excluding steroid dienone is 1. The number of benzene rings is 2. The fraction of sp³-hybridized carbons (Fsp3) is 0.423. The molecule has 4 heteroatoms. The Bertz CT molecular complexity index is 989. The van der Waals surface area contributed by atoms with Gasteiger partial charge < -0.3 is 14.4 Å². The van der Waals surface area contributed by atoms with Crippen molar-refractivity contribution in [3.05, 3.63) is 76.1 Å². The number of esters is 1. The van der Waals surface area contributed by atoms with Gasteiger partial charge in [0.1, 0.15) is 11.5 Å². The number of fused-ring (bicyclic) bond motifs is 1. The first kappa shape index (κ1) is 20.7. The Kier molecular flexibility index (Phi) is 5.46. The molecule has 2 aliphatic rings. The Hall–Kier alpha value is -2.59. The van der Waals surface area contributed by atoms with Gasteiger partial charge in [-0.25, -0.2) is 4.79 Å². The second-order valence-corrected chi connectivity index (χ2v) is 8.82. The molecular formula is C26H31NO3. The lowest BCUT2D eigenvalue weighted by Crippen LogP contribution is -2.43. The zero-order valence-corrected chi connectivity index (χ0v) is 18.6. The minimum Gasteiger partial charge on any atom is -0.496 e. The van der Waals surface area contributed by atoms with E-state index in [9.17, 15) is 4.79 Å². The maximum Gasteiger partial charge on any atom is 0.343 e. The van der Waals surface area contributed by atoms with Gasteiger partial charge in [-0.3, -0.25) is 0 Å². The maximum absolute atomic E-state index is 12.9. The topological polar surface area (TPSA) is 38.8 Å². The fourth-order valence-electron chi connectivity index (χ4n) is 5.31. The molecule has 4 rings (SSSR count). The minimum absolute atomic E-state index is 0.0558. The van der Waals surface area contributed by atoms with Gasteiger partial charge in [0.15, 0.2) is 0 Å². The summed E-state index contributed by atoms with van der Waals surface area (Å²) in [6.07, 6.45) is 4.87. The molecular weight excluding hydrogens is 374 g/mol. The van der Waals surface area contributed by atoms with Crippen molar-refractivity contribution in [1.82, 2.24) is 4.90 Å². The van der Waals surface area contributed by atoms with Crippen LogP contribution >= 0.6 is 0 Å². The van der Waals surface area contributed by atoms with Crippen LogP contribution in [-0.4, -0.2) is 37.6 Å². The van der Waals surface area contributed by atoms with Crippen LogP contribution in [0.15, 0.2) is 48.2 Å². The standard InChI is InChI=1S/C26H31NO3/c1-17-7-6-8-18(2)24(17)25(28)30-21-11-12-26(13-14-27(4)23(26)16-21)20-9-10-22(29-5)19(3)15-20/h6-11,15,23H,12-14,16H2,1-5H3/t23-,26-/m0/s1. The van der Waals surface area contributed by atoms with Crippen molar-refractivity contribution < 1.29 is 14.3 Å². The van der Waals surface area contributed by atoms with Crippen molar-refractivity contribution >= 4 is 5.97 Å². The summed E-state index contributed by atoms with van der Waals surface area (Å²) in [5.41, 5.74) is 5.16. The summed E-state index contributed by atoms with van der Waals surface area (Å²) in [6.45, 7) is 7.06. The molecule has 0 bridgehead atoms. The third kappa shape index (κ3) is 3.43. The number of aryl methyl sites for hydroxylation is 3. The number of likely N-dealkylation sites (N-methyl/N-ethyl adjacent to an activating group) is 1. The molecule has 0 amide bonds. The molecule has 0 saturated carbocycles. The Labute approximate surface area is 179 Å². The zero-order chi connectivity index (χ0) is 21.5. The number of likely N-dealkylation sites (tertiary alicyclic amines) is 1. The molecule has 30 heavy (non-hydrogen) atoms. The van der Waals surface area contributed by atoms with Crippen molar-refractivity contribution in [2.45, 2.75) is 51.5 Å². The number of hydrogen-bond donors (Lipinski definition) is 0. The summed E-state index contributed by atoms with van der Waals surface area (Å²) < 4.78 is 11.4. The van der Waals surface area contributed by atoms with E-state index in [4.69, 9.17) is 9.47 Å². The van der Waals surface area contributed by atoms with Gasteiger partial charge in [0, 0.05) is 17.9 Å². The van der Waals surface area contributed by atoms with E-state index in [1.807, 2.05) is 32.0 Å². The van der Waals surface area contributed by atoms with E-state index >= 15 is 0 Å². The molecule has 1 aliphatic heterocycles. The molecule has 0 radical (unpaired) electrons. The SMILES string of the molecule is COc1ccc([C@@]23CC=C(OC(=O)c4c(C)cccc4C)C[C@@H]2N(C)CC3)cc1C. The van der Waals surface area contributed by atoms with Crippen LogP contribution in [0.4, 0.5) is 0 Å². The highest BCUT2D eigenvalue weighted by Gasteiger charge is 2.49. The first-order valence-electron chi connectivity index (χ1n) is 10.7. The molecule has 0 unspecified atom stereocenters. The number of carbonyl (C=O) groups excluding carboxylic acids is 1. The smallest absolute Gasteiger partial charge is 0.343 e. The predicted octanol–water partition coefficient (Wildman–Crippen LogP) is 5.10. The van der Waals surface area contributed by atoms with Crippen LogP contribution in [0.25, 0.3) is 0 Å². The predicted molar refractivity (Wildman–Crippen MR) is 119 cm³/mol. The van der Waals surface area contributed by atoms with Gasteiger partial charge >= 0.3 is 5.97 Å². The molecule has 1 fully saturated rings. The summed E-state index contributed by atoms with van der Waals surface area (Å²) in [7, 11) is 3.89. The number of hydrogen-bond acceptors (Lipinski definition) is 4. The Morgan fingerprint density at radius 2 is 1.83 bits per heavy atom. The number of nitrogens with zero attached hydrogens (tertiary/aromatic N) is 1. The summed E-state index contributed by atoms with van der Waals surface area (Å²) in [4.78, 5) is 15.3. The van der Waals surface area contributed by atoms with Crippen LogP contribution in [0.3, 0.4) is 0 Å². The lowest BCUT2D eigenvalue weighted by molar-refractivity contribution is 0.0578. The normalized spacial score (nSPS) is 23.6. The van der Waals surface area contributed by atoms with E-state index in [0.29, 0.717) is 11.6 Å². The molecule has 1 heterocycles. The van der Waals surface area contributed by atoms with Gasteiger partial charge in [-0.15, -0.1) is 0 Å². The Balaban J connectivity index is 1.61. The highest BCUT2D eigenvalue weighted by Crippen LogP contribution is 2.48. The lowest BCUT2D eigenvalue weighted by atomic mass is 9.68. The van der Waals surface area contributed by atoms with Crippen molar-refractivity contribution in [1.29, 1.82) is 0 Å². The van der Waals surface area contributed by atoms with E-state index < -0.39 is 0 Å². The second kappa shape index (κ2) is 7.92. The van der Waals surface area contributed by atoms with Crippen LogP contribution in [0, 0.1) is 20.8 Å². The molecule has 0 aromatic heterocycles. The third-order valence-electron chi connectivity index (χ3n) is 7.05. The monoisotopic (exact) mass is 405 g/mol. The minimum atomic E-state index is -0.245. The summed E-state index contributed by atoms with van der Waals surface area (Å²) in [6, 6.07) is 12.8. The summed E-state index contributed by atoms with van der Waals surface area (Å²) in [5, 5.41) is 0. The Morgan fingerprint density at radius 1 is 1.10 bits per heavy atom. The van der Waals surface area contributed by atoms with E-state index in [1.165, 1.54) is 5.56 Å². The zero-order valence-electron chi connectivity index (χ0n) is 18.6. The molecule has 2 atom stereocenters. The fourth-order valence-corrected chi connectivity index (χ4v) is 5.31. The van der Waals surface area contributed by atoms with Crippen molar-refractivity contribution in [2.24, 2.45) is 0 Å². The van der Waals surface area contributed by atoms with Gasteiger partial charge in [-0.1, -0.05) is 30.3 Å². The van der Waals surface area contributed by atoms with E-state index in [2.05, 4.69) is 43.1 Å². The summed E-state index contributed by atoms with van der Waals surface area (Å²) in [5.74, 6) is 1.47. The number of carbonyl (C=O) groups is 1. The third-order valence-corrected chi connectivity index (χ3v) is 7.05. The molecule has 1 aliphatic carbocycles. The average Bonchev–Trinajstić information content (AvgIpc) is 3.05. The van der Waals surface area contributed by atoms with Gasteiger partial charge in [0.2, 0.25) is 0 Å². The van der Waals surface area contributed by atoms with Gasteiger partial charge in [-0.05, 0) is 81.6 Å². The van der Waals surface area contributed by atoms with E-state index in [1.54, 1.807) is 7.11 Å². The lowest BCUT2D eigenvalue weighted by Gasteiger charge is -2.41. The molecule has 158 valence electrons. The molecule has 2 aromatic rings. The molecule has 0 spiro atoms. The first-order valence-corrected chi connectivity index (χ1v) is 10.7. The van der Waals surface area contributed by atoms with Crippen molar-refractivity contribution in [3.8, 4) is 5.75 Å². The Morgan fingerprint density at radius 3 is 2.50 bits per heavy atom. The van der Waals surface area contributed by atoms with E-state index in [0.717, 1.165) is 54.0 Å². The largest absolute Gasteiger partial charge is 0.496 e. The van der Waals surface area contributed by atoms with E-state index in [-0.39, 0.29) is 11.4 Å².